The molecule has 0 aliphatic rings. The first-order valence-corrected chi connectivity index (χ1v) is 5.12. The highest BCUT2D eigenvalue weighted by Crippen LogP contribution is 2.22. The van der Waals surface area contributed by atoms with Crippen LogP contribution >= 0.6 is 0 Å². The van der Waals surface area contributed by atoms with Gasteiger partial charge >= 0.3 is 0 Å². The molecule has 3 heteroatoms. The second-order valence-corrected chi connectivity index (χ2v) is 3.48. The Labute approximate surface area is 90.0 Å². The maximum atomic E-state index is 4.35. The third-order valence-electron chi connectivity index (χ3n) is 2.35. The van der Waals surface area contributed by atoms with E-state index in [2.05, 4.69) is 28.9 Å². The smallest absolute Gasteiger partial charge is 0.151 e. The summed E-state index contributed by atoms with van der Waals surface area (Å²) in [5.41, 5.74) is 1.18. The molecule has 0 aliphatic carbocycles. The second kappa shape index (κ2) is 4.17. The van der Waals surface area contributed by atoms with E-state index in [4.69, 9.17) is 0 Å². The van der Waals surface area contributed by atoms with Gasteiger partial charge in [0.1, 0.15) is 0 Å². The fourth-order valence-corrected chi connectivity index (χ4v) is 1.62. The number of nitrogens with zero attached hydrogens (tertiary/aromatic N) is 3. The molecule has 78 valence electrons. The van der Waals surface area contributed by atoms with Gasteiger partial charge < -0.3 is 9.47 Å². The van der Waals surface area contributed by atoms with Crippen LogP contribution in [0.15, 0.2) is 42.9 Å². The van der Waals surface area contributed by atoms with Crippen LogP contribution in [-0.2, 0) is 7.05 Å². The van der Waals surface area contributed by atoms with Gasteiger partial charge in [-0.25, -0.2) is 4.98 Å². The summed E-state index contributed by atoms with van der Waals surface area (Å²) >= 11 is 0. The van der Waals surface area contributed by atoms with Gasteiger partial charge in [0, 0.05) is 25.5 Å². The number of imidazole rings is 1. The van der Waals surface area contributed by atoms with Crippen LogP contribution in [0.5, 0.6) is 0 Å². The summed E-state index contributed by atoms with van der Waals surface area (Å²) in [6.45, 7) is 3.04. The molecular weight excluding hydrogens is 186 g/mol. The number of para-hydroxylation sites is 1. The number of aromatic nitrogens is 2. The van der Waals surface area contributed by atoms with Crippen LogP contribution < -0.4 is 4.90 Å². The minimum atomic E-state index is 0.918. The van der Waals surface area contributed by atoms with E-state index in [1.54, 1.807) is 0 Å². The summed E-state index contributed by atoms with van der Waals surface area (Å²) in [5, 5.41) is 0. The summed E-state index contributed by atoms with van der Waals surface area (Å²) in [4.78, 5) is 6.53. The van der Waals surface area contributed by atoms with Crippen LogP contribution in [-0.4, -0.2) is 16.1 Å². The van der Waals surface area contributed by atoms with E-state index in [1.165, 1.54) is 5.69 Å². The average molecular weight is 201 g/mol. The Morgan fingerprint density at radius 2 is 2.00 bits per heavy atom. The first kappa shape index (κ1) is 9.77. The van der Waals surface area contributed by atoms with Gasteiger partial charge in [0.05, 0.1) is 6.33 Å². The molecule has 0 fully saturated rings. The summed E-state index contributed by atoms with van der Waals surface area (Å²) < 4.78 is 1.96. The molecular formula is C12H15N3. The van der Waals surface area contributed by atoms with Crippen molar-refractivity contribution in [1.29, 1.82) is 0 Å². The summed E-state index contributed by atoms with van der Waals surface area (Å²) in [7, 11) is 1.98. The number of anilines is 2. The summed E-state index contributed by atoms with van der Waals surface area (Å²) in [5.74, 6) is 0.992. The minimum Gasteiger partial charge on any atom is -0.338 e. The largest absolute Gasteiger partial charge is 0.338 e. The summed E-state index contributed by atoms with van der Waals surface area (Å²) in [6, 6.07) is 10.3. The van der Waals surface area contributed by atoms with Crippen LogP contribution in [0.3, 0.4) is 0 Å². The predicted octanol–water partition coefficient (Wildman–Crippen LogP) is 2.58. The van der Waals surface area contributed by atoms with E-state index in [0.717, 1.165) is 12.4 Å². The van der Waals surface area contributed by atoms with Crippen molar-refractivity contribution in [2.45, 2.75) is 6.92 Å². The molecule has 3 nitrogen and oxygen atoms in total. The lowest BCUT2D eigenvalue weighted by atomic mass is 10.3. The fraction of sp³-hybridized carbons (Fsp3) is 0.250. The topological polar surface area (TPSA) is 21.1 Å². The molecule has 0 saturated heterocycles. The zero-order valence-electron chi connectivity index (χ0n) is 9.09. The van der Waals surface area contributed by atoms with Crippen LogP contribution in [0.1, 0.15) is 6.92 Å². The van der Waals surface area contributed by atoms with Gasteiger partial charge in [-0.3, -0.25) is 0 Å². The van der Waals surface area contributed by atoms with E-state index in [1.807, 2.05) is 42.3 Å². The molecule has 0 amide bonds. The SMILES string of the molecule is CCN(c1ccccc1)c1cn(C)cn1. The Balaban J connectivity index is 2.33. The number of hydrogen-bond donors (Lipinski definition) is 0. The van der Waals surface area contributed by atoms with E-state index >= 15 is 0 Å². The lowest BCUT2D eigenvalue weighted by Gasteiger charge is -2.20. The van der Waals surface area contributed by atoms with Crippen LogP contribution in [0, 0.1) is 0 Å². The Hall–Kier alpha value is -1.77. The molecule has 0 saturated carbocycles. The van der Waals surface area contributed by atoms with Crippen LogP contribution in [0.4, 0.5) is 11.5 Å². The van der Waals surface area contributed by atoms with Gasteiger partial charge in [-0.05, 0) is 19.1 Å². The van der Waals surface area contributed by atoms with Gasteiger partial charge in [-0.2, -0.15) is 0 Å². The maximum Gasteiger partial charge on any atom is 0.151 e. The molecule has 0 atom stereocenters. The van der Waals surface area contributed by atoms with E-state index in [-0.39, 0.29) is 0 Å². The number of hydrogen-bond acceptors (Lipinski definition) is 2. The molecule has 0 aliphatic heterocycles. The summed E-state index contributed by atoms with van der Waals surface area (Å²) in [6.07, 6.45) is 3.84. The van der Waals surface area contributed by atoms with E-state index in [0.29, 0.717) is 0 Å². The van der Waals surface area contributed by atoms with Crippen molar-refractivity contribution in [2.24, 2.45) is 7.05 Å². The van der Waals surface area contributed by atoms with Crippen LogP contribution in [0.25, 0.3) is 0 Å². The molecule has 0 radical (unpaired) electrons. The number of rotatable bonds is 3. The van der Waals surface area contributed by atoms with Gasteiger partial charge in [0.15, 0.2) is 5.82 Å². The van der Waals surface area contributed by atoms with Crippen molar-refractivity contribution < 1.29 is 0 Å². The Morgan fingerprint density at radius 1 is 1.27 bits per heavy atom. The quantitative estimate of drug-likeness (QED) is 0.761. The van der Waals surface area contributed by atoms with Crippen molar-refractivity contribution in [2.75, 3.05) is 11.4 Å². The second-order valence-electron chi connectivity index (χ2n) is 3.48. The molecule has 1 heterocycles. The Bertz CT molecular complexity index is 419. The minimum absolute atomic E-state index is 0.918. The predicted molar refractivity (Wildman–Crippen MR) is 62.3 cm³/mol. The van der Waals surface area contributed by atoms with Crippen molar-refractivity contribution in [3.63, 3.8) is 0 Å². The number of benzene rings is 1. The third-order valence-corrected chi connectivity index (χ3v) is 2.35. The van der Waals surface area contributed by atoms with Crippen molar-refractivity contribution in [3.05, 3.63) is 42.9 Å². The van der Waals surface area contributed by atoms with Gasteiger partial charge in [-0.1, -0.05) is 18.2 Å². The molecule has 1 aromatic heterocycles. The van der Waals surface area contributed by atoms with Crippen molar-refractivity contribution in [3.8, 4) is 0 Å². The first-order valence-electron chi connectivity index (χ1n) is 5.12. The van der Waals surface area contributed by atoms with E-state index < -0.39 is 0 Å². The maximum absolute atomic E-state index is 4.35. The lowest BCUT2D eigenvalue weighted by Crippen LogP contribution is -2.16. The monoisotopic (exact) mass is 201 g/mol. The number of aryl methyl sites for hydroxylation is 1. The zero-order valence-corrected chi connectivity index (χ0v) is 9.09. The molecule has 2 aromatic rings. The normalized spacial score (nSPS) is 10.3. The Kier molecular flexibility index (Phi) is 2.72. The Morgan fingerprint density at radius 3 is 2.53 bits per heavy atom. The highest BCUT2D eigenvalue weighted by Gasteiger charge is 2.08. The van der Waals surface area contributed by atoms with Crippen LogP contribution in [0.2, 0.25) is 0 Å². The molecule has 2 rings (SSSR count). The molecule has 0 N–H and O–H groups in total. The molecule has 1 aromatic carbocycles. The zero-order chi connectivity index (χ0) is 10.7. The van der Waals surface area contributed by atoms with Crippen molar-refractivity contribution in [1.82, 2.24) is 9.55 Å². The van der Waals surface area contributed by atoms with Gasteiger partial charge in [0.2, 0.25) is 0 Å². The first-order chi connectivity index (χ1) is 7.31. The molecule has 15 heavy (non-hydrogen) atoms. The highest BCUT2D eigenvalue weighted by atomic mass is 15.2. The van der Waals surface area contributed by atoms with Gasteiger partial charge in [0.25, 0.3) is 0 Å². The molecule has 0 unspecified atom stereocenters. The van der Waals surface area contributed by atoms with Crippen molar-refractivity contribution >= 4 is 11.5 Å². The standard InChI is InChI=1S/C12H15N3/c1-3-15(11-7-5-4-6-8-11)12-9-14(2)10-13-12/h4-10H,3H2,1-2H3. The molecule has 0 spiro atoms. The third kappa shape index (κ3) is 2.01. The van der Waals surface area contributed by atoms with E-state index in [9.17, 15) is 0 Å². The average Bonchev–Trinajstić information content (AvgIpc) is 2.68. The lowest BCUT2D eigenvalue weighted by molar-refractivity contribution is 0.912. The highest BCUT2D eigenvalue weighted by molar-refractivity contribution is 5.58. The molecule has 0 bridgehead atoms. The van der Waals surface area contributed by atoms with Gasteiger partial charge in [-0.15, -0.1) is 0 Å². The fourth-order valence-electron chi connectivity index (χ4n) is 1.62.